The SMILES string of the molecule is COc1ccc(NC(C)=O)cc1NC(=O)CNCC1CCCO1.Cl. The van der Waals surface area contributed by atoms with Gasteiger partial charge in [-0.05, 0) is 31.0 Å². The molecule has 1 aliphatic rings. The lowest BCUT2D eigenvalue weighted by molar-refractivity contribution is -0.115. The summed E-state index contributed by atoms with van der Waals surface area (Å²) in [5, 5.41) is 8.54. The van der Waals surface area contributed by atoms with Gasteiger partial charge in [0.1, 0.15) is 5.75 Å². The zero-order valence-electron chi connectivity index (χ0n) is 13.9. The molecule has 0 bridgehead atoms. The summed E-state index contributed by atoms with van der Waals surface area (Å²) in [4.78, 5) is 23.1. The van der Waals surface area contributed by atoms with Crippen LogP contribution in [0.5, 0.6) is 5.75 Å². The number of methoxy groups -OCH3 is 1. The van der Waals surface area contributed by atoms with Gasteiger partial charge in [-0.3, -0.25) is 9.59 Å². The Hall–Kier alpha value is -1.83. The second-order valence-corrected chi connectivity index (χ2v) is 5.41. The van der Waals surface area contributed by atoms with Crippen molar-refractivity contribution < 1.29 is 19.1 Å². The number of hydrogen-bond acceptors (Lipinski definition) is 5. The first-order valence-corrected chi connectivity index (χ1v) is 7.66. The summed E-state index contributed by atoms with van der Waals surface area (Å²) in [6.07, 6.45) is 2.30. The Bertz CT molecular complexity index is 562. The number of anilines is 2. The van der Waals surface area contributed by atoms with E-state index in [9.17, 15) is 9.59 Å². The van der Waals surface area contributed by atoms with Crippen molar-refractivity contribution in [2.24, 2.45) is 0 Å². The normalized spacial score (nSPS) is 16.2. The first-order chi connectivity index (χ1) is 11.1. The Labute approximate surface area is 147 Å². The Morgan fingerprint density at radius 1 is 1.33 bits per heavy atom. The van der Waals surface area contributed by atoms with Crippen molar-refractivity contribution in [2.45, 2.75) is 25.9 Å². The van der Waals surface area contributed by atoms with E-state index in [4.69, 9.17) is 9.47 Å². The fourth-order valence-electron chi connectivity index (χ4n) is 2.43. The van der Waals surface area contributed by atoms with Crippen molar-refractivity contribution in [3.63, 3.8) is 0 Å². The largest absolute Gasteiger partial charge is 0.495 e. The van der Waals surface area contributed by atoms with Crippen molar-refractivity contribution in [1.29, 1.82) is 0 Å². The molecular weight excluding hydrogens is 334 g/mol. The molecule has 1 heterocycles. The van der Waals surface area contributed by atoms with Gasteiger partial charge in [-0.25, -0.2) is 0 Å². The topological polar surface area (TPSA) is 88.7 Å². The van der Waals surface area contributed by atoms with Crippen LogP contribution >= 0.6 is 12.4 Å². The summed E-state index contributed by atoms with van der Waals surface area (Å²) >= 11 is 0. The molecule has 1 aliphatic heterocycles. The number of carbonyl (C=O) groups is 2. The van der Waals surface area contributed by atoms with Crippen LogP contribution in [0.4, 0.5) is 11.4 Å². The lowest BCUT2D eigenvalue weighted by atomic mass is 10.2. The molecule has 1 unspecified atom stereocenters. The Kier molecular flexibility index (Phi) is 8.53. The van der Waals surface area contributed by atoms with Gasteiger partial charge in [0.25, 0.3) is 0 Å². The zero-order chi connectivity index (χ0) is 16.7. The van der Waals surface area contributed by atoms with E-state index in [0.29, 0.717) is 23.7 Å². The molecular formula is C16H24ClN3O4. The van der Waals surface area contributed by atoms with Crippen LogP contribution in [-0.4, -0.2) is 44.7 Å². The lowest BCUT2D eigenvalue weighted by Gasteiger charge is -2.14. The van der Waals surface area contributed by atoms with Crippen LogP contribution in [0.2, 0.25) is 0 Å². The molecule has 7 nitrogen and oxygen atoms in total. The van der Waals surface area contributed by atoms with Crippen molar-refractivity contribution >= 4 is 35.6 Å². The molecule has 1 atom stereocenters. The van der Waals surface area contributed by atoms with E-state index in [2.05, 4.69) is 16.0 Å². The van der Waals surface area contributed by atoms with Gasteiger partial charge in [0.2, 0.25) is 11.8 Å². The fourth-order valence-corrected chi connectivity index (χ4v) is 2.43. The van der Waals surface area contributed by atoms with Crippen LogP contribution in [0.15, 0.2) is 18.2 Å². The highest BCUT2D eigenvalue weighted by atomic mass is 35.5. The number of hydrogen-bond donors (Lipinski definition) is 3. The number of benzene rings is 1. The maximum Gasteiger partial charge on any atom is 0.238 e. The Morgan fingerprint density at radius 2 is 2.12 bits per heavy atom. The second-order valence-electron chi connectivity index (χ2n) is 5.41. The minimum atomic E-state index is -0.179. The summed E-state index contributed by atoms with van der Waals surface area (Å²) in [7, 11) is 1.53. The Balaban J connectivity index is 0.00000288. The lowest BCUT2D eigenvalue weighted by Crippen LogP contribution is -2.33. The number of ether oxygens (including phenoxy) is 2. The predicted octanol–water partition coefficient (Wildman–Crippen LogP) is 1.78. The molecule has 0 radical (unpaired) electrons. The molecule has 0 aliphatic carbocycles. The van der Waals surface area contributed by atoms with Crippen molar-refractivity contribution in [3.05, 3.63) is 18.2 Å². The molecule has 1 fully saturated rings. The number of amides is 2. The van der Waals surface area contributed by atoms with E-state index in [0.717, 1.165) is 19.4 Å². The molecule has 1 aromatic carbocycles. The standard InChI is InChI=1S/C16H23N3O4.ClH/c1-11(20)18-12-5-6-15(22-2)14(8-12)19-16(21)10-17-9-13-4-3-7-23-13;/h5-6,8,13,17H,3-4,7,9-10H2,1-2H3,(H,18,20)(H,19,21);1H. The van der Waals surface area contributed by atoms with E-state index in [1.54, 1.807) is 18.2 Å². The summed E-state index contributed by atoms with van der Waals surface area (Å²) < 4.78 is 10.7. The molecule has 2 amide bonds. The molecule has 1 aromatic rings. The number of carbonyl (C=O) groups excluding carboxylic acids is 2. The van der Waals surface area contributed by atoms with Crippen LogP contribution in [0.3, 0.4) is 0 Å². The van der Waals surface area contributed by atoms with Gasteiger partial charge >= 0.3 is 0 Å². The maximum atomic E-state index is 12.0. The minimum absolute atomic E-state index is 0. The van der Waals surface area contributed by atoms with Gasteiger partial charge in [0.15, 0.2) is 0 Å². The number of nitrogens with one attached hydrogen (secondary N) is 3. The van der Waals surface area contributed by atoms with Crippen LogP contribution in [-0.2, 0) is 14.3 Å². The molecule has 3 N–H and O–H groups in total. The first kappa shape index (κ1) is 20.2. The highest BCUT2D eigenvalue weighted by Crippen LogP contribution is 2.27. The smallest absolute Gasteiger partial charge is 0.238 e. The highest BCUT2D eigenvalue weighted by molar-refractivity contribution is 5.95. The van der Waals surface area contributed by atoms with Gasteiger partial charge in [-0.15, -0.1) is 12.4 Å². The van der Waals surface area contributed by atoms with Crippen molar-refractivity contribution in [3.8, 4) is 5.75 Å². The molecule has 8 heteroatoms. The first-order valence-electron chi connectivity index (χ1n) is 7.66. The average Bonchev–Trinajstić information content (AvgIpc) is 3.00. The van der Waals surface area contributed by atoms with Crippen molar-refractivity contribution in [2.75, 3.05) is 37.4 Å². The zero-order valence-corrected chi connectivity index (χ0v) is 14.7. The van der Waals surface area contributed by atoms with E-state index in [-0.39, 0.29) is 36.9 Å². The molecule has 2 rings (SSSR count). The quantitative estimate of drug-likeness (QED) is 0.692. The van der Waals surface area contributed by atoms with Gasteiger partial charge in [-0.2, -0.15) is 0 Å². The fraction of sp³-hybridized carbons (Fsp3) is 0.500. The molecule has 24 heavy (non-hydrogen) atoms. The van der Waals surface area contributed by atoms with Gasteiger partial charge < -0.3 is 25.4 Å². The third-order valence-electron chi connectivity index (χ3n) is 3.48. The summed E-state index contributed by atoms with van der Waals surface area (Å²) in [5.41, 5.74) is 1.11. The third kappa shape index (κ3) is 6.35. The van der Waals surface area contributed by atoms with Crippen LogP contribution in [0, 0.1) is 0 Å². The van der Waals surface area contributed by atoms with E-state index in [1.165, 1.54) is 14.0 Å². The monoisotopic (exact) mass is 357 g/mol. The van der Waals surface area contributed by atoms with Crippen LogP contribution in [0.25, 0.3) is 0 Å². The van der Waals surface area contributed by atoms with E-state index >= 15 is 0 Å². The molecule has 1 saturated heterocycles. The maximum absolute atomic E-state index is 12.0. The van der Waals surface area contributed by atoms with E-state index in [1.807, 2.05) is 0 Å². The minimum Gasteiger partial charge on any atom is -0.495 e. The van der Waals surface area contributed by atoms with E-state index < -0.39 is 0 Å². The van der Waals surface area contributed by atoms with Gasteiger partial charge in [-0.1, -0.05) is 0 Å². The number of halogens is 1. The van der Waals surface area contributed by atoms with Crippen LogP contribution in [0.1, 0.15) is 19.8 Å². The average molecular weight is 358 g/mol. The van der Waals surface area contributed by atoms with Gasteiger partial charge in [0, 0.05) is 25.8 Å². The molecule has 134 valence electrons. The predicted molar refractivity (Wildman–Crippen MR) is 95.0 cm³/mol. The highest BCUT2D eigenvalue weighted by Gasteiger charge is 2.15. The van der Waals surface area contributed by atoms with Crippen LogP contribution < -0.4 is 20.7 Å². The Morgan fingerprint density at radius 3 is 2.75 bits per heavy atom. The molecule has 0 aromatic heterocycles. The molecule has 0 saturated carbocycles. The van der Waals surface area contributed by atoms with Gasteiger partial charge in [0.05, 0.1) is 25.4 Å². The molecule has 0 spiro atoms. The summed E-state index contributed by atoms with van der Waals surface area (Å²) in [6.45, 7) is 3.08. The summed E-state index contributed by atoms with van der Waals surface area (Å²) in [6, 6.07) is 5.07. The number of rotatable bonds is 7. The summed E-state index contributed by atoms with van der Waals surface area (Å²) in [5.74, 6) is 0.179. The third-order valence-corrected chi connectivity index (χ3v) is 3.48. The van der Waals surface area contributed by atoms with Crippen molar-refractivity contribution in [1.82, 2.24) is 5.32 Å². The second kappa shape index (κ2) is 10.1.